The van der Waals surface area contributed by atoms with E-state index in [0.29, 0.717) is 24.3 Å². The number of amides is 1. The average Bonchev–Trinajstić information content (AvgIpc) is 2.86. The Morgan fingerprint density at radius 3 is 2.30 bits per heavy atom. The van der Waals surface area contributed by atoms with Crippen LogP contribution >= 0.6 is 0 Å². The zero-order valence-corrected chi connectivity index (χ0v) is 17.0. The average molecular weight is 399 g/mol. The van der Waals surface area contributed by atoms with E-state index < -0.39 is 6.04 Å². The lowest BCUT2D eigenvalue weighted by Gasteiger charge is -2.26. The number of ketones is 1. The van der Waals surface area contributed by atoms with Gasteiger partial charge in [0.15, 0.2) is 5.78 Å². The Morgan fingerprint density at radius 1 is 0.933 bits per heavy atom. The largest absolute Gasteiger partial charge is 0.363 e. The van der Waals surface area contributed by atoms with Crippen LogP contribution in [-0.2, 0) is 11.3 Å². The van der Waals surface area contributed by atoms with Crippen LogP contribution in [0.2, 0.25) is 0 Å². The Balaban J connectivity index is 1.69. The van der Waals surface area contributed by atoms with E-state index in [-0.39, 0.29) is 18.2 Å². The summed E-state index contributed by atoms with van der Waals surface area (Å²) in [5.74, 6) is -0.333. The van der Waals surface area contributed by atoms with Crippen molar-refractivity contribution in [1.29, 1.82) is 0 Å². The standard InChI is InChI=1S/C25H25N3O2/c1-18-9-5-6-12-20(18)24(29)17-28-23-14-8-7-13-22(23)27(16-21(26)25(28)30)15-19-10-3-2-4-11-19/h2-14,21H,15-17,26H2,1H3. The second kappa shape index (κ2) is 8.51. The Bertz CT molecular complexity index is 1060. The Morgan fingerprint density at radius 2 is 1.57 bits per heavy atom. The molecule has 1 amide bonds. The first-order chi connectivity index (χ1) is 14.5. The topological polar surface area (TPSA) is 66.6 Å². The van der Waals surface area contributed by atoms with Crippen molar-refractivity contribution in [2.45, 2.75) is 19.5 Å². The quantitative estimate of drug-likeness (QED) is 0.666. The van der Waals surface area contributed by atoms with Gasteiger partial charge in [0.2, 0.25) is 5.91 Å². The van der Waals surface area contributed by atoms with Gasteiger partial charge in [0.05, 0.1) is 17.9 Å². The second-order valence-electron chi connectivity index (χ2n) is 7.62. The number of hydrogen-bond donors (Lipinski definition) is 1. The summed E-state index contributed by atoms with van der Waals surface area (Å²) in [6.45, 7) is 2.89. The highest BCUT2D eigenvalue weighted by molar-refractivity contribution is 6.09. The third kappa shape index (κ3) is 3.98. The minimum Gasteiger partial charge on any atom is -0.363 e. The van der Waals surface area contributed by atoms with Crippen LogP contribution in [0.25, 0.3) is 0 Å². The number of anilines is 2. The summed E-state index contributed by atoms with van der Waals surface area (Å²) >= 11 is 0. The van der Waals surface area contributed by atoms with Crippen molar-refractivity contribution >= 4 is 23.1 Å². The molecule has 0 aromatic heterocycles. The van der Waals surface area contributed by atoms with Gasteiger partial charge in [-0.1, -0.05) is 66.7 Å². The number of aryl methyl sites for hydroxylation is 1. The number of hydrogen-bond acceptors (Lipinski definition) is 4. The molecule has 3 aromatic rings. The molecule has 152 valence electrons. The Kier molecular flexibility index (Phi) is 5.63. The fourth-order valence-corrected chi connectivity index (χ4v) is 3.92. The van der Waals surface area contributed by atoms with Crippen LogP contribution in [0.15, 0.2) is 78.9 Å². The minimum atomic E-state index is -0.717. The van der Waals surface area contributed by atoms with E-state index in [1.807, 2.05) is 67.6 Å². The summed E-state index contributed by atoms with van der Waals surface area (Å²) in [6, 6.07) is 24.5. The molecule has 0 spiro atoms. The third-order valence-electron chi connectivity index (χ3n) is 5.48. The molecule has 1 unspecified atom stereocenters. The van der Waals surface area contributed by atoms with Crippen molar-refractivity contribution in [2.24, 2.45) is 5.73 Å². The van der Waals surface area contributed by atoms with Crippen molar-refractivity contribution in [3.05, 3.63) is 95.6 Å². The first kappa shape index (κ1) is 19.9. The van der Waals surface area contributed by atoms with Crippen LogP contribution in [-0.4, -0.2) is 30.8 Å². The van der Waals surface area contributed by atoms with Gasteiger partial charge in [-0.25, -0.2) is 0 Å². The highest BCUT2D eigenvalue weighted by Crippen LogP contribution is 2.33. The molecule has 0 radical (unpaired) electrons. The fourth-order valence-electron chi connectivity index (χ4n) is 3.92. The number of carbonyl (C=O) groups excluding carboxylic acids is 2. The van der Waals surface area contributed by atoms with Gasteiger partial charge in [-0.05, 0) is 30.2 Å². The monoisotopic (exact) mass is 399 g/mol. The Labute approximate surface area is 176 Å². The predicted molar refractivity (Wildman–Crippen MR) is 120 cm³/mol. The minimum absolute atomic E-state index is 0.0341. The maximum atomic E-state index is 13.2. The lowest BCUT2D eigenvalue weighted by atomic mass is 10.0. The van der Waals surface area contributed by atoms with E-state index in [2.05, 4.69) is 17.0 Å². The first-order valence-electron chi connectivity index (χ1n) is 10.1. The first-order valence-corrected chi connectivity index (χ1v) is 10.1. The van der Waals surface area contributed by atoms with Gasteiger partial charge in [0.25, 0.3) is 0 Å². The molecule has 3 aromatic carbocycles. The van der Waals surface area contributed by atoms with Crippen molar-refractivity contribution < 1.29 is 9.59 Å². The van der Waals surface area contributed by atoms with E-state index in [1.165, 1.54) is 0 Å². The highest BCUT2D eigenvalue weighted by atomic mass is 16.2. The van der Waals surface area contributed by atoms with Crippen LogP contribution in [0.4, 0.5) is 11.4 Å². The van der Waals surface area contributed by atoms with Crippen LogP contribution in [0, 0.1) is 6.92 Å². The molecular formula is C25H25N3O2. The van der Waals surface area contributed by atoms with Crippen molar-refractivity contribution in [3.8, 4) is 0 Å². The van der Waals surface area contributed by atoms with Crippen molar-refractivity contribution in [2.75, 3.05) is 22.9 Å². The molecule has 1 atom stereocenters. The van der Waals surface area contributed by atoms with Gasteiger partial charge in [-0.15, -0.1) is 0 Å². The number of para-hydroxylation sites is 2. The molecule has 0 fully saturated rings. The number of rotatable bonds is 5. The van der Waals surface area contributed by atoms with Crippen molar-refractivity contribution in [1.82, 2.24) is 0 Å². The summed E-state index contributed by atoms with van der Waals surface area (Å²) in [7, 11) is 0. The summed E-state index contributed by atoms with van der Waals surface area (Å²) in [5.41, 5.74) is 10.6. The SMILES string of the molecule is Cc1ccccc1C(=O)CN1C(=O)C(N)CN(Cc2ccccc2)c2ccccc21. The summed E-state index contributed by atoms with van der Waals surface area (Å²) in [4.78, 5) is 29.9. The number of carbonyl (C=O) groups is 2. The molecule has 1 aliphatic rings. The molecular weight excluding hydrogens is 374 g/mol. The maximum absolute atomic E-state index is 13.2. The number of benzene rings is 3. The van der Waals surface area contributed by atoms with Gasteiger partial charge in [0, 0.05) is 18.7 Å². The molecule has 0 aliphatic carbocycles. The maximum Gasteiger partial charge on any atom is 0.246 e. The van der Waals surface area contributed by atoms with Crippen LogP contribution in [0.1, 0.15) is 21.5 Å². The molecule has 5 heteroatoms. The lowest BCUT2D eigenvalue weighted by Crippen LogP contribution is -2.48. The van der Waals surface area contributed by atoms with Crippen LogP contribution in [0.5, 0.6) is 0 Å². The normalized spacial score (nSPS) is 16.2. The number of Topliss-reactive ketones (excluding diaryl/α,β-unsaturated/α-hetero) is 1. The third-order valence-corrected chi connectivity index (χ3v) is 5.48. The van der Waals surface area contributed by atoms with E-state index >= 15 is 0 Å². The van der Waals surface area contributed by atoms with Crippen LogP contribution < -0.4 is 15.5 Å². The van der Waals surface area contributed by atoms with E-state index in [4.69, 9.17) is 5.73 Å². The second-order valence-corrected chi connectivity index (χ2v) is 7.62. The fraction of sp³-hybridized carbons (Fsp3) is 0.200. The van der Waals surface area contributed by atoms with Gasteiger partial charge in [0.1, 0.15) is 6.04 Å². The molecule has 0 bridgehead atoms. The lowest BCUT2D eigenvalue weighted by molar-refractivity contribution is -0.119. The Hall–Kier alpha value is -3.44. The predicted octanol–water partition coefficient (Wildman–Crippen LogP) is 3.56. The van der Waals surface area contributed by atoms with E-state index in [1.54, 1.807) is 11.0 Å². The van der Waals surface area contributed by atoms with Gasteiger partial charge < -0.3 is 15.5 Å². The van der Waals surface area contributed by atoms with Crippen LogP contribution in [0.3, 0.4) is 0 Å². The highest BCUT2D eigenvalue weighted by Gasteiger charge is 2.33. The molecule has 5 nitrogen and oxygen atoms in total. The molecule has 30 heavy (non-hydrogen) atoms. The van der Waals surface area contributed by atoms with Gasteiger partial charge in [-0.3, -0.25) is 9.59 Å². The molecule has 0 saturated heterocycles. The summed E-state index contributed by atoms with van der Waals surface area (Å²) in [5, 5.41) is 0. The summed E-state index contributed by atoms with van der Waals surface area (Å²) < 4.78 is 0. The van der Waals surface area contributed by atoms with E-state index in [9.17, 15) is 9.59 Å². The number of nitrogens with two attached hydrogens (primary N) is 1. The zero-order valence-electron chi connectivity index (χ0n) is 17.0. The van der Waals surface area contributed by atoms with E-state index in [0.717, 1.165) is 16.8 Å². The zero-order chi connectivity index (χ0) is 21.1. The van der Waals surface area contributed by atoms with Gasteiger partial charge >= 0.3 is 0 Å². The molecule has 2 N–H and O–H groups in total. The van der Waals surface area contributed by atoms with Crippen molar-refractivity contribution in [3.63, 3.8) is 0 Å². The van der Waals surface area contributed by atoms with Gasteiger partial charge in [-0.2, -0.15) is 0 Å². The summed E-state index contributed by atoms with van der Waals surface area (Å²) in [6.07, 6.45) is 0. The molecule has 4 rings (SSSR count). The molecule has 1 aliphatic heterocycles. The molecule has 1 heterocycles. The number of nitrogens with zero attached hydrogens (tertiary/aromatic N) is 2. The number of fused-ring (bicyclic) bond motifs is 1. The smallest absolute Gasteiger partial charge is 0.246 e. The molecule has 0 saturated carbocycles.